The summed E-state index contributed by atoms with van der Waals surface area (Å²) >= 11 is 0. The van der Waals surface area contributed by atoms with Crippen LogP contribution in [-0.4, -0.2) is 26.2 Å². The van der Waals surface area contributed by atoms with Crippen molar-refractivity contribution in [2.45, 2.75) is 0 Å². The van der Waals surface area contributed by atoms with Crippen LogP contribution in [0, 0.1) is 0 Å². The fourth-order valence-corrected chi connectivity index (χ4v) is 1.89. The van der Waals surface area contributed by atoms with E-state index in [1.807, 2.05) is 30.3 Å². The minimum Gasteiger partial charge on any atom is -0.507 e. The number of phenolic OH excluding ortho intramolecular Hbond substituents is 1. The van der Waals surface area contributed by atoms with Crippen molar-refractivity contribution in [1.29, 1.82) is 0 Å². The van der Waals surface area contributed by atoms with Crippen LogP contribution in [0.25, 0.3) is 11.4 Å². The smallest absolute Gasteiger partial charge is 0.364 e. The molecule has 0 aliphatic heterocycles. The Labute approximate surface area is 120 Å². The highest BCUT2D eigenvalue weighted by molar-refractivity contribution is 5.83. The summed E-state index contributed by atoms with van der Waals surface area (Å²) in [4.78, 5) is 11.8. The summed E-state index contributed by atoms with van der Waals surface area (Å²) in [5.74, 6) is 0.506. The van der Waals surface area contributed by atoms with Crippen molar-refractivity contribution in [1.82, 2.24) is 14.9 Å². The lowest BCUT2D eigenvalue weighted by Gasteiger charge is -2.00. The van der Waals surface area contributed by atoms with Gasteiger partial charge in [0.2, 0.25) is 0 Å². The third-order valence-corrected chi connectivity index (χ3v) is 2.93. The highest BCUT2D eigenvalue weighted by Gasteiger charge is 2.09. The molecular formula is C15H12N4O2. The minimum atomic E-state index is -0.444. The van der Waals surface area contributed by atoms with Gasteiger partial charge in [-0.15, -0.1) is 0 Å². The maximum Gasteiger partial charge on any atom is 0.364 e. The Hall–Kier alpha value is -3.15. The van der Waals surface area contributed by atoms with Crippen LogP contribution in [-0.2, 0) is 0 Å². The average molecular weight is 280 g/mol. The van der Waals surface area contributed by atoms with Crippen LogP contribution in [0.15, 0.2) is 64.5 Å². The maximum atomic E-state index is 11.8. The van der Waals surface area contributed by atoms with Crippen molar-refractivity contribution in [3.05, 3.63) is 70.6 Å². The molecule has 1 aromatic heterocycles. The molecule has 0 saturated carbocycles. The summed E-state index contributed by atoms with van der Waals surface area (Å²) < 4.78 is 1.15. The number of aromatic amines is 1. The molecular weight excluding hydrogens is 268 g/mol. The maximum absolute atomic E-state index is 11.8. The van der Waals surface area contributed by atoms with E-state index in [0.717, 1.165) is 10.2 Å². The first-order valence-electron chi connectivity index (χ1n) is 6.31. The molecule has 21 heavy (non-hydrogen) atoms. The van der Waals surface area contributed by atoms with Gasteiger partial charge >= 0.3 is 5.69 Å². The number of benzene rings is 2. The summed E-state index contributed by atoms with van der Waals surface area (Å²) in [6.07, 6.45) is 1.42. The molecule has 0 bridgehead atoms. The number of hydrogen-bond donors (Lipinski definition) is 2. The number of para-hydroxylation sites is 1. The number of phenols is 1. The number of aromatic nitrogens is 3. The van der Waals surface area contributed by atoms with Crippen LogP contribution in [0.5, 0.6) is 5.75 Å². The van der Waals surface area contributed by atoms with Gasteiger partial charge in [0.05, 0.1) is 6.21 Å². The van der Waals surface area contributed by atoms with Crippen molar-refractivity contribution in [2.75, 3.05) is 0 Å². The van der Waals surface area contributed by atoms with Crippen molar-refractivity contribution >= 4 is 6.21 Å². The van der Waals surface area contributed by atoms with Crippen molar-refractivity contribution in [2.24, 2.45) is 5.10 Å². The first-order valence-corrected chi connectivity index (χ1v) is 6.31. The third-order valence-electron chi connectivity index (χ3n) is 2.93. The Bertz CT molecular complexity index is 834. The topological polar surface area (TPSA) is 83.3 Å². The molecule has 104 valence electrons. The third kappa shape index (κ3) is 2.59. The molecule has 2 N–H and O–H groups in total. The number of nitrogens with zero attached hydrogens (tertiary/aromatic N) is 3. The molecule has 0 aliphatic carbocycles. The second-order valence-corrected chi connectivity index (χ2v) is 4.33. The zero-order valence-electron chi connectivity index (χ0n) is 11.0. The van der Waals surface area contributed by atoms with Gasteiger partial charge in [0, 0.05) is 11.1 Å². The lowest BCUT2D eigenvalue weighted by molar-refractivity contribution is 0.474. The standard InChI is InChI=1S/C15H12N4O2/c20-13-9-5-4-8-12(13)10-16-19-14(17-18-15(19)21)11-6-2-1-3-7-11/h1-10,20H,(H,18,21)/b16-10+. The summed E-state index contributed by atoms with van der Waals surface area (Å²) in [5, 5.41) is 20.1. The molecule has 0 atom stereocenters. The molecule has 0 unspecified atom stereocenters. The van der Waals surface area contributed by atoms with E-state index in [2.05, 4.69) is 15.3 Å². The van der Waals surface area contributed by atoms with E-state index in [-0.39, 0.29) is 5.75 Å². The lowest BCUT2D eigenvalue weighted by Crippen LogP contribution is -2.13. The van der Waals surface area contributed by atoms with E-state index in [4.69, 9.17) is 0 Å². The summed E-state index contributed by atoms with van der Waals surface area (Å²) in [7, 11) is 0. The molecule has 2 aromatic carbocycles. The number of aromatic hydroxyl groups is 1. The largest absolute Gasteiger partial charge is 0.507 e. The van der Waals surface area contributed by atoms with E-state index in [9.17, 15) is 9.90 Å². The molecule has 0 amide bonds. The predicted octanol–water partition coefficient (Wildman–Crippen LogP) is 1.83. The Morgan fingerprint density at radius 1 is 1.10 bits per heavy atom. The number of H-pyrrole nitrogens is 1. The van der Waals surface area contributed by atoms with Gasteiger partial charge in [0.15, 0.2) is 5.82 Å². The highest BCUT2D eigenvalue weighted by atomic mass is 16.3. The van der Waals surface area contributed by atoms with Gasteiger partial charge in [-0.1, -0.05) is 42.5 Å². The van der Waals surface area contributed by atoms with Crippen molar-refractivity contribution in [3.63, 3.8) is 0 Å². The normalized spacial score (nSPS) is 11.0. The van der Waals surface area contributed by atoms with Gasteiger partial charge in [-0.2, -0.15) is 14.9 Å². The Morgan fingerprint density at radius 2 is 1.81 bits per heavy atom. The minimum absolute atomic E-state index is 0.0963. The van der Waals surface area contributed by atoms with E-state index < -0.39 is 5.69 Å². The molecule has 0 fully saturated rings. The second kappa shape index (κ2) is 5.46. The van der Waals surface area contributed by atoms with E-state index in [0.29, 0.717) is 11.4 Å². The quantitative estimate of drug-likeness (QED) is 0.718. The van der Waals surface area contributed by atoms with Crippen LogP contribution < -0.4 is 5.69 Å². The summed E-state index contributed by atoms with van der Waals surface area (Å²) in [6.45, 7) is 0. The average Bonchev–Trinajstić information content (AvgIpc) is 2.88. The molecule has 3 rings (SSSR count). The molecule has 6 heteroatoms. The Kier molecular flexibility index (Phi) is 3.34. The van der Waals surface area contributed by atoms with Crippen LogP contribution in [0.2, 0.25) is 0 Å². The van der Waals surface area contributed by atoms with E-state index in [1.54, 1.807) is 24.3 Å². The van der Waals surface area contributed by atoms with Gasteiger partial charge in [-0.05, 0) is 12.1 Å². The van der Waals surface area contributed by atoms with Crippen LogP contribution in [0.1, 0.15) is 5.56 Å². The second-order valence-electron chi connectivity index (χ2n) is 4.33. The fourth-order valence-electron chi connectivity index (χ4n) is 1.89. The van der Waals surface area contributed by atoms with E-state index >= 15 is 0 Å². The van der Waals surface area contributed by atoms with E-state index in [1.165, 1.54) is 6.21 Å². The van der Waals surface area contributed by atoms with Crippen LogP contribution in [0.3, 0.4) is 0 Å². The van der Waals surface area contributed by atoms with Crippen LogP contribution in [0.4, 0.5) is 0 Å². The monoisotopic (exact) mass is 280 g/mol. The number of rotatable bonds is 3. The molecule has 0 spiro atoms. The van der Waals surface area contributed by atoms with Gasteiger partial charge in [0.1, 0.15) is 5.75 Å². The molecule has 1 heterocycles. The van der Waals surface area contributed by atoms with Gasteiger partial charge < -0.3 is 5.11 Å². The number of hydrogen-bond acceptors (Lipinski definition) is 4. The Morgan fingerprint density at radius 3 is 2.57 bits per heavy atom. The lowest BCUT2D eigenvalue weighted by atomic mass is 10.2. The summed E-state index contributed by atoms with van der Waals surface area (Å²) in [5.41, 5.74) is 0.843. The molecule has 0 saturated heterocycles. The zero-order chi connectivity index (χ0) is 14.7. The van der Waals surface area contributed by atoms with Gasteiger partial charge in [-0.3, -0.25) is 0 Å². The summed E-state index contributed by atoms with van der Waals surface area (Å²) in [6, 6.07) is 16.0. The van der Waals surface area contributed by atoms with Gasteiger partial charge in [0.25, 0.3) is 0 Å². The predicted molar refractivity (Wildman–Crippen MR) is 79.4 cm³/mol. The molecule has 6 nitrogen and oxygen atoms in total. The fraction of sp³-hybridized carbons (Fsp3) is 0. The highest BCUT2D eigenvalue weighted by Crippen LogP contribution is 2.15. The molecule has 0 radical (unpaired) electrons. The van der Waals surface area contributed by atoms with Gasteiger partial charge in [-0.25, -0.2) is 9.89 Å². The number of nitrogens with one attached hydrogen (secondary N) is 1. The molecule has 0 aliphatic rings. The van der Waals surface area contributed by atoms with Crippen LogP contribution >= 0.6 is 0 Å². The first kappa shape index (κ1) is 12.9. The zero-order valence-corrected chi connectivity index (χ0v) is 11.0. The SMILES string of the molecule is O=c1[nH]nc(-c2ccccc2)n1/N=C/c1ccccc1O. The first-order chi connectivity index (χ1) is 10.3. The van der Waals surface area contributed by atoms with Crippen molar-refractivity contribution in [3.8, 4) is 17.1 Å². The molecule has 3 aromatic rings. The van der Waals surface area contributed by atoms with Crippen molar-refractivity contribution < 1.29 is 5.11 Å². The Balaban J connectivity index is 2.02.